The first kappa shape index (κ1) is 14.3. The Kier molecular flexibility index (Phi) is 3.99. The Morgan fingerprint density at radius 1 is 1.20 bits per heavy atom. The number of fused-ring (bicyclic) bond motifs is 1. The van der Waals surface area contributed by atoms with Gasteiger partial charge in [-0.2, -0.15) is 0 Å². The molecule has 0 radical (unpaired) electrons. The van der Waals surface area contributed by atoms with E-state index in [1.807, 2.05) is 31.3 Å². The van der Waals surface area contributed by atoms with Crippen molar-refractivity contribution in [2.24, 2.45) is 0 Å². The molecule has 0 aliphatic carbocycles. The van der Waals surface area contributed by atoms with Gasteiger partial charge in [0.1, 0.15) is 5.82 Å². The number of halogens is 3. The van der Waals surface area contributed by atoms with Gasteiger partial charge in [0.05, 0.1) is 13.1 Å². The minimum atomic E-state index is 0.662. The second kappa shape index (κ2) is 5.60. The van der Waals surface area contributed by atoms with Gasteiger partial charge >= 0.3 is 0 Å². The molecule has 7 heteroatoms. The molecule has 20 heavy (non-hydrogen) atoms. The van der Waals surface area contributed by atoms with Crippen molar-refractivity contribution in [3.8, 4) is 11.4 Å². The van der Waals surface area contributed by atoms with E-state index >= 15 is 0 Å². The zero-order chi connectivity index (χ0) is 14.3. The average molecular weight is 434 g/mol. The Morgan fingerprint density at radius 3 is 2.65 bits per heavy atom. The number of anilines is 1. The van der Waals surface area contributed by atoms with Crippen LogP contribution in [-0.2, 0) is 0 Å². The van der Waals surface area contributed by atoms with Crippen molar-refractivity contribution in [3.63, 3.8) is 0 Å². The van der Waals surface area contributed by atoms with E-state index in [1.54, 1.807) is 11.3 Å². The van der Waals surface area contributed by atoms with Crippen LogP contribution in [0.25, 0.3) is 22.3 Å². The molecule has 3 rings (SSSR count). The predicted octanol–water partition coefficient (Wildman–Crippen LogP) is 5.58. The smallest absolute Gasteiger partial charge is 0.164 e. The quantitative estimate of drug-likeness (QED) is 0.573. The van der Waals surface area contributed by atoms with E-state index in [1.165, 1.54) is 0 Å². The molecule has 0 unspecified atom stereocenters. The topological polar surface area (TPSA) is 37.8 Å². The van der Waals surface area contributed by atoms with Crippen molar-refractivity contribution in [3.05, 3.63) is 36.9 Å². The molecule has 0 saturated carbocycles. The van der Waals surface area contributed by atoms with Gasteiger partial charge in [0.25, 0.3) is 0 Å². The maximum absolute atomic E-state index is 6.05. The summed E-state index contributed by atoms with van der Waals surface area (Å²) in [7, 11) is 1.85. The van der Waals surface area contributed by atoms with Crippen LogP contribution in [0.4, 0.5) is 5.82 Å². The van der Waals surface area contributed by atoms with Crippen molar-refractivity contribution in [2.75, 3.05) is 12.4 Å². The number of thiophene rings is 1. The zero-order valence-electron chi connectivity index (χ0n) is 10.2. The summed E-state index contributed by atoms with van der Waals surface area (Å²) in [4.78, 5) is 9.19. The lowest BCUT2D eigenvalue weighted by Gasteiger charge is -2.08. The van der Waals surface area contributed by atoms with Crippen LogP contribution < -0.4 is 5.32 Å². The maximum Gasteiger partial charge on any atom is 0.164 e. The minimum absolute atomic E-state index is 0.662. The molecule has 0 saturated heterocycles. The van der Waals surface area contributed by atoms with E-state index in [0.29, 0.717) is 10.8 Å². The van der Waals surface area contributed by atoms with Crippen LogP contribution in [0.5, 0.6) is 0 Å². The van der Waals surface area contributed by atoms with Gasteiger partial charge in [-0.25, -0.2) is 9.97 Å². The molecular formula is C13H8Br2ClN3S. The molecular weight excluding hydrogens is 425 g/mol. The number of aromatic nitrogens is 2. The number of rotatable bonds is 2. The van der Waals surface area contributed by atoms with Crippen LogP contribution in [0, 0.1) is 0 Å². The van der Waals surface area contributed by atoms with Crippen molar-refractivity contribution in [1.82, 2.24) is 9.97 Å². The summed E-state index contributed by atoms with van der Waals surface area (Å²) in [6.07, 6.45) is 0. The third kappa shape index (κ3) is 2.57. The summed E-state index contributed by atoms with van der Waals surface area (Å²) < 4.78 is 2.02. The van der Waals surface area contributed by atoms with Gasteiger partial charge in [-0.1, -0.05) is 11.6 Å². The summed E-state index contributed by atoms with van der Waals surface area (Å²) >= 11 is 14.7. The first-order chi connectivity index (χ1) is 9.58. The standard InChI is InChI=1S/C13H8Br2ClN3S/c1-17-12-7-3-2-6(16)4-9(7)18-13(19-12)8-5-10(14)20-11(8)15/h2-5H,1H3,(H,17,18,19). The monoisotopic (exact) mass is 431 g/mol. The molecule has 0 amide bonds. The highest BCUT2D eigenvalue weighted by molar-refractivity contribution is 9.12. The summed E-state index contributed by atoms with van der Waals surface area (Å²) in [6, 6.07) is 7.61. The Hall–Kier alpha value is -0.690. The zero-order valence-corrected chi connectivity index (χ0v) is 15.0. The fourth-order valence-corrected chi connectivity index (χ4v) is 4.86. The molecule has 0 atom stereocenters. The summed E-state index contributed by atoms with van der Waals surface area (Å²) in [6.45, 7) is 0. The van der Waals surface area contributed by atoms with E-state index in [4.69, 9.17) is 11.6 Å². The van der Waals surface area contributed by atoms with Crippen LogP contribution in [0.15, 0.2) is 31.8 Å². The third-order valence-corrected chi connectivity index (χ3v) is 5.37. The number of hydrogen-bond donors (Lipinski definition) is 1. The van der Waals surface area contributed by atoms with E-state index in [9.17, 15) is 0 Å². The molecule has 0 spiro atoms. The van der Waals surface area contributed by atoms with Gasteiger partial charge < -0.3 is 5.32 Å². The Labute approximate surface area is 141 Å². The molecule has 0 bridgehead atoms. The van der Waals surface area contributed by atoms with Crippen LogP contribution in [0.3, 0.4) is 0 Å². The lowest BCUT2D eigenvalue weighted by atomic mass is 10.2. The molecule has 0 fully saturated rings. The van der Waals surface area contributed by atoms with Gasteiger partial charge in [-0.15, -0.1) is 11.3 Å². The van der Waals surface area contributed by atoms with Crippen molar-refractivity contribution in [1.29, 1.82) is 0 Å². The molecule has 2 aromatic heterocycles. The third-order valence-electron chi connectivity index (χ3n) is 2.79. The average Bonchev–Trinajstić information content (AvgIpc) is 2.76. The molecule has 3 aromatic rings. The van der Waals surface area contributed by atoms with Crippen molar-refractivity contribution in [2.45, 2.75) is 0 Å². The lowest BCUT2D eigenvalue weighted by molar-refractivity contribution is 1.21. The predicted molar refractivity (Wildman–Crippen MR) is 92.8 cm³/mol. The molecule has 2 heterocycles. The molecule has 3 nitrogen and oxygen atoms in total. The minimum Gasteiger partial charge on any atom is -0.373 e. The summed E-state index contributed by atoms with van der Waals surface area (Å²) in [5.74, 6) is 1.45. The van der Waals surface area contributed by atoms with E-state index in [2.05, 4.69) is 47.1 Å². The Bertz CT molecular complexity index is 804. The SMILES string of the molecule is CNc1nc(-c2cc(Br)sc2Br)nc2cc(Cl)ccc12. The Morgan fingerprint density at radius 2 is 2.00 bits per heavy atom. The van der Waals surface area contributed by atoms with E-state index < -0.39 is 0 Å². The summed E-state index contributed by atoms with van der Waals surface area (Å²) in [5, 5.41) is 4.72. The molecule has 1 N–H and O–H groups in total. The molecule has 1 aromatic carbocycles. The molecule has 102 valence electrons. The largest absolute Gasteiger partial charge is 0.373 e. The van der Waals surface area contributed by atoms with Crippen LogP contribution in [0.1, 0.15) is 0 Å². The second-order valence-electron chi connectivity index (χ2n) is 4.05. The van der Waals surface area contributed by atoms with E-state index in [0.717, 1.165) is 29.9 Å². The first-order valence-electron chi connectivity index (χ1n) is 5.69. The highest BCUT2D eigenvalue weighted by Gasteiger charge is 2.14. The Balaban J connectivity index is 2.29. The number of nitrogens with zero attached hydrogens (tertiary/aromatic N) is 2. The highest BCUT2D eigenvalue weighted by atomic mass is 79.9. The fourth-order valence-electron chi connectivity index (χ4n) is 1.91. The number of nitrogens with one attached hydrogen (secondary N) is 1. The second-order valence-corrected chi connectivity index (χ2v) is 8.23. The summed E-state index contributed by atoms with van der Waals surface area (Å²) in [5.41, 5.74) is 1.78. The van der Waals surface area contributed by atoms with Gasteiger partial charge in [-0.05, 0) is 56.1 Å². The lowest BCUT2D eigenvalue weighted by Crippen LogP contribution is -1.98. The van der Waals surface area contributed by atoms with Gasteiger partial charge in [-0.3, -0.25) is 0 Å². The number of benzene rings is 1. The van der Waals surface area contributed by atoms with Gasteiger partial charge in [0.15, 0.2) is 5.82 Å². The maximum atomic E-state index is 6.05. The van der Waals surface area contributed by atoms with Crippen molar-refractivity contribution >= 4 is 71.5 Å². The number of hydrogen-bond acceptors (Lipinski definition) is 4. The first-order valence-corrected chi connectivity index (χ1v) is 8.47. The molecule has 0 aliphatic rings. The van der Waals surface area contributed by atoms with E-state index in [-0.39, 0.29) is 0 Å². The van der Waals surface area contributed by atoms with Crippen molar-refractivity contribution < 1.29 is 0 Å². The van der Waals surface area contributed by atoms with Crippen LogP contribution in [-0.4, -0.2) is 17.0 Å². The van der Waals surface area contributed by atoms with Gasteiger partial charge in [0, 0.05) is 23.0 Å². The highest BCUT2D eigenvalue weighted by Crippen LogP contribution is 2.38. The fraction of sp³-hybridized carbons (Fsp3) is 0.0769. The van der Waals surface area contributed by atoms with Gasteiger partial charge in [0.2, 0.25) is 0 Å². The normalized spacial score (nSPS) is 11.0. The molecule has 0 aliphatic heterocycles. The van der Waals surface area contributed by atoms with Crippen LogP contribution >= 0.6 is 54.8 Å². The van der Waals surface area contributed by atoms with Crippen LogP contribution in [0.2, 0.25) is 5.02 Å².